The molecule has 1 N–H and O–H groups in total. The minimum atomic E-state index is -1.89. The number of halogens is 1. The van der Waals surface area contributed by atoms with Gasteiger partial charge in [-0.25, -0.2) is 9.97 Å². The van der Waals surface area contributed by atoms with E-state index < -0.39 is 44.7 Å². The lowest BCUT2D eigenvalue weighted by Gasteiger charge is -2.36. The molecule has 0 unspecified atom stereocenters. The topological polar surface area (TPSA) is 87.9 Å². The summed E-state index contributed by atoms with van der Waals surface area (Å²) >= 11 is 7.84. The van der Waals surface area contributed by atoms with E-state index in [1.807, 2.05) is 43.7 Å². The second-order valence-corrected chi connectivity index (χ2v) is 18.7. The van der Waals surface area contributed by atoms with Gasteiger partial charge in [-0.15, -0.1) is 11.3 Å². The van der Waals surface area contributed by atoms with E-state index in [9.17, 15) is 5.11 Å². The van der Waals surface area contributed by atoms with Gasteiger partial charge < -0.3 is 28.3 Å². The van der Waals surface area contributed by atoms with Crippen molar-refractivity contribution in [1.29, 1.82) is 0 Å². The zero-order valence-corrected chi connectivity index (χ0v) is 25.9. The molecule has 0 aromatic carbocycles. The monoisotopic (exact) mass is 579 g/mol. The third-order valence-corrected chi connectivity index (χ3v) is 14.0. The van der Waals surface area contributed by atoms with E-state index in [0.29, 0.717) is 17.4 Å². The second kappa shape index (κ2) is 9.92. The summed E-state index contributed by atoms with van der Waals surface area (Å²) in [4.78, 5) is 9.58. The van der Waals surface area contributed by atoms with Gasteiger partial charge >= 0.3 is 0 Å². The van der Waals surface area contributed by atoms with Crippen LogP contribution in [0.15, 0.2) is 24.7 Å². The van der Waals surface area contributed by atoms with Crippen LogP contribution in [-0.4, -0.2) is 58.7 Å². The maximum absolute atomic E-state index is 11.7. The number of aryl methyl sites for hydroxylation is 1. The molecule has 2 aliphatic heterocycles. The predicted molar refractivity (Wildman–Crippen MR) is 151 cm³/mol. The van der Waals surface area contributed by atoms with Gasteiger partial charge in [-0.05, 0) is 63.0 Å². The molecule has 38 heavy (non-hydrogen) atoms. The van der Waals surface area contributed by atoms with Crippen molar-refractivity contribution in [3.8, 4) is 0 Å². The van der Waals surface area contributed by atoms with E-state index in [2.05, 4.69) is 43.8 Å². The summed E-state index contributed by atoms with van der Waals surface area (Å²) in [5.74, 6) is -0.809. The minimum Gasteiger partial charge on any atom is -0.416 e. The average molecular weight is 580 g/mol. The Morgan fingerprint density at radius 2 is 1.95 bits per heavy atom. The molecular formula is C27H38ClN3O5SSi. The van der Waals surface area contributed by atoms with Crippen LogP contribution in [0, 0.1) is 6.92 Å². The fourth-order valence-electron chi connectivity index (χ4n) is 5.02. The highest BCUT2D eigenvalue weighted by atomic mass is 35.5. The molecule has 208 valence electrons. The van der Waals surface area contributed by atoms with Crippen LogP contribution < -0.4 is 0 Å². The third-order valence-electron chi connectivity index (χ3n) is 8.08. The van der Waals surface area contributed by atoms with Gasteiger partial charge in [-0.3, -0.25) is 0 Å². The first-order valence-corrected chi connectivity index (χ1v) is 17.2. The molecule has 0 amide bonds. The molecule has 5 atom stereocenters. The molecule has 3 aromatic rings. The average Bonchev–Trinajstić information content (AvgIpc) is 3.54. The van der Waals surface area contributed by atoms with E-state index in [0.717, 1.165) is 27.2 Å². The highest BCUT2D eigenvalue weighted by molar-refractivity contribution is 7.16. The molecule has 0 bridgehead atoms. The Hall–Kier alpha value is -1.37. The summed E-state index contributed by atoms with van der Waals surface area (Å²) in [6.45, 7) is 17.5. The summed E-state index contributed by atoms with van der Waals surface area (Å²) < 4.78 is 28.1. The van der Waals surface area contributed by atoms with Gasteiger partial charge in [0.15, 0.2) is 20.3 Å². The van der Waals surface area contributed by atoms with Crippen LogP contribution in [0.4, 0.5) is 0 Å². The first-order chi connectivity index (χ1) is 17.7. The van der Waals surface area contributed by atoms with Crippen LogP contribution >= 0.6 is 22.9 Å². The number of rotatable bonds is 7. The number of aliphatic hydroxyl groups excluding tert-OH is 1. The molecule has 0 radical (unpaired) electrons. The minimum absolute atomic E-state index is 0.127. The van der Waals surface area contributed by atoms with Crippen LogP contribution in [-0.2, 0) is 25.1 Å². The third kappa shape index (κ3) is 5.10. The van der Waals surface area contributed by atoms with E-state index in [-0.39, 0.29) is 5.04 Å². The molecule has 2 aliphatic rings. The van der Waals surface area contributed by atoms with Crippen molar-refractivity contribution in [3.05, 3.63) is 45.1 Å². The lowest BCUT2D eigenvalue weighted by Crippen LogP contribution is -2.41. The maximum atomic E-state index is 11.7. The number of aliphatic hydroxyl groups is 1. The second-order valence-electron chi connectivity index (χ2n) is 12.2. The van der Waals surface area contributed by atoms with Gasteiger partial charge in [0.1, 0.15) is 36.4 Å². The molecule has 5 rings (SSSR count). The number of hydrogen-bond acceptors (Lipinski definition) is 8. The maximum Gasteiger partial charge on any atom is 0.191 e. The predicted octanol–water partition coefficient (Wildman–Crippen LogP) is 6.17. The molecule has 5 heterocycles. The smallest absolute Gasteiger partial charge is 0.191 e. The lowest BCUT2D eigenvalue weighted by molar-refractivity contribution is -0.207. The highest BCUT2D eigenvalue weighted by Gasteiger charge is 2.58. The first kappa shape index (κ1) is 28.2. The fraction of sp³-hybridized carbons (Fsp3) is 0.630. The van der Waals surface area contributed by atoms with Crippen molar-refractivity contribution in [2.24, 2.45) is 0 Å². The normalized spacial score (nSPS) is 26.3. The van der Waals surface area contributed by atoms with Crippen LogP contribution in [0.5, 0.6) is 0 Å². The molecule has 11 heteroatoms. The molecule has 0 aliphatic carbocycles. The van der Waals surface area contributed by atoms with Crippen molar-refractivity contribution >= 4 is 42.3 Å². The Labute approximate surface area is 234 Å². The quantitative estimate of drug-likeness (QED) is 0.335. The summed E-state index contributed by atoms with van der Waals surface area (Å²) in [6.07, 6.45) is 1.14. The Balaban J connectivity index is 1.41. The summed E-state index contributed by atoms with van der Waals surface area (Å²) in [6, 6.07) is 3.91. The summed E-state index contributed by atoms with van der Waals surface area (Å²) in [7, 11) is -1.89. The van der Waals surface area contributed by atoms with Crippen molar-refractivity contribution < 1.29 is 23.7 Å². The largest absolute Gasteiger partial charge is 0.416 e. The van der Waals surface area contributed by atoms with E-state index in [4.69, 9.17) is 30.2 Å². The van der Waals surface area contributed by atoms with Crippen LogP contribution in [0.1, 0.15) is 63.1 Å². The van der Waals surface area contributed by atoms with Crippen LogP contribution in [0.3, 0.4) is 0 Å². The molecule has 3 aromatic heterocycles. The number of nitrogens with zero attached hydrogens (tertiary/aromatic N) is 3. The molecular weight excluding hydrogens is 542 g/mol. The SMILES string of the molecule is Cc1ncnc2c1ccn2[C@@H]1O[C@H]([C@@H](O)c2sc(Cl)cc2CCO[Si](C)(C)C(C)(C)C)[C@H]2OC(C)(C)O[C@H]21. The molecule has 2 fully saturated rings. The standard InChI is InChI=1S/C27H38ClN3O5SSi/c1-15-17-9-11-31(24(17)30-14-29-15)25-22-21(35-27(5,6)36-22)20(34-25)19(32)23-16(13-18(28)37-23)10-12-33-38(7,8)26(2,3)4/h9,11,13-14,19-22,25,32H,10,12H2,1-8H3/t19-,20-,21-,22-,25-/m1/s1. The van der Waals surface area contributed by atoms with Crippen molar-refractivity contribution in [2.45, 2.75) is 103 Å². The number of hydrogen-bond donors (Lipinski definition) is 1. The molecule has 0 saturated carbocycles. The number of thiophene rings is 1. The Morgan fingerprint density at radius 3 is 2.66 bits per heavy atom. The van der Waals surface area contributed by atoms with Crippen LogP contribution in [0.2, 0.25) is 22.5 Å². The Bertz CT molecular complexity index is 1320. The highest BCUT2D eigenvalue weighted by Crippen LogP contribution is 2.48. The van der Waals surface area contributed by atoms with Crippen LogP contribution in [0.25, 0.3) is 11.0 Å². The Kier molecular flexibility index (Phi) is 7.35. The molecule has 8 nitrogen and oxygen atoms in total. The zero-order chi connectivity index (χ0) is 27.6. The van der Waals surface area contributed by atoms with Gasteiger partial charge in [0.05, 0.1) is 10.0 Å². The van der Waals surface area contributed by atoms with Gasteiger partial charge in [0.25, 0.3) is 0 Å². The van der Waals surface area contributed by atoms with E-state index >= 15 is 0 Å². The van der Waals surface area contributed by atoms with E-state index in [1.54, 1.807) is 6.33 Å². The summed E-state index contributed by atoms with van der Waals surface area (Å²) in [5, 5.41) is 12.8. The lowest BCUT2D eigenvalue weighted by atomic mass is 10.0. The van der Waals surface area contributed by atoms with Gasteiger partial charge in [-0.1, -0.05) is 32.4 Å². The fourth-order valence-corrected chi connectivity index (χ4v) is 7.41. The van der Waals surface area contributed by atoms with Gasteiger partial charge in [0, 0.05) is 23.1 Å². The van der Waals surface area contributed by atoms with Crippen molar-refractivity contribution in [1.82, 2.24) is 14.5 Å². The number of fused-ring (bicyclic) bond motifs is 2. The molecule has 0 spiro atoms. The zero-order valence-electron chi connectivity index (χ0n) is 23.3. The number of ether oxygens (including phenoxy) is 3. The van der Waals surface area contributed by atoms with Gasteiger partial charge in [0.2, 0.25) is 0 Å². The number of aromatic nitrogens is 3. The van der Waals surface area contributed by atoms with Crippen molar-refractivity contribution in [2.75, 3.05) is 6.61 Å². The van der Waals surface area contributed by atoms with Gasteiger partial charge in [-0.2, -0.15) is 0 Å². The first-order valence-electron chi connectivity index (χ1n) is 13.1. The summed E-state index contributed by atoms with van der Waals surface area (Å²) in [5.41, 5.74) is 2.62. The van der Waals surface area contributed by atoms with E-state index in [1.165, 1.54) is 11.3 Å². The molecule has 2 saturated heterocycles. The Morgan fingerprint density at radius 1 is 1.24 bits per heavy atom. The van der Waals surface area contributed by atoms with Crippen molar-refractivity contribution in [3.63, 3.8) is 0 Å².